The van der Waals surface area contributed by atoms with Crippen molar-refractivity contribution in [3.8, 4) is 10.4 Å². The van der Waals surface area contributed by atoms with Gasteiger partial charge in [0, 0.05) is 30.8 Å². The quantitative estimate of drug-likeness (QED) is 0.435. The summed E-state index contributed by atoms with van der Waals surface area (Å²) in [5.41, 5.74) is 2.30. The minimum Gasteiger partial charge on any atom is -0.352 e. The van der Waals surface area contributed by atoms with Gasteiger partial charge in [-0.05, 0) is 30.0 Å². The van der Waals surface area contributed by atoms with Crippen LogP contribution in [0.2, 0.25) is 0 Å². The van der Waals surface area contributed by atoms with E-state index < -0.39 is 10.0 Å². The average Bonchev–Trinajstić information content (AvgIpc) is 3.34. The third-order valence-corrected chi connectivity index (χ3v) is 8.89. The van der Waals surface area contributed by atoms with Gasteiger partial charge in [-0.1, -0.05) is 68.7 Å². The van der Waals surface area contributed by atoms with E-state index >= 15 is 0 Å². The summed E-state index contributed by atoms with van der Waals surface area (Å²) in [6, 6.07) is 15.0. The van der Waals surface area contributed by atoms with E-state index in [1.165, 1.54) is 19.3 Å². The number of hydrogen-bond acceptors (Lipinski definition) is 5. The lowest BCUT2D eigenvalue weighted by Crippen LogP contribution is -2.26. The molecule has 4 rings (SSSR count). The second-order valence-corrected chi connectivity index (χ2v) is 11.5. The van der Waals surface area contributed by atoms with Crippen LogP contribution in [0.25, 0.3) is 10.4 Å². The largest absolute Gasteiger partial charge is 0.352 e. The van der Waals surface area contributed by atoms with Crippen LogP contribution in [0.15, 0.2) is 59.6 Å². The molecule has 1 aromatic heterocycles. The van der Waals surface area contributed by atoms with Crippen molar-refractivity contribution in [2.75, 3.05) is 6.54 Å². The van der Waals surface area contributed by atoms with Gasteiger partial charge < -0.3 is 5.32 Å². The lowest BCUT2D eigenvalue weighted by atomic mass is 9.90. The first-order valence-corrected chi connectivity index (χ1v) is 14.2. The Kier molecular flexibility index (Phi) is 8.13. The van der Waals surface area contributed by atoms with Gasteiger partial charge in [0.05, 0.1) is 21.2 Å². The van der Waals surface area contributed by atoms with Crippen molar-refractivity contribution in [3.05, 3.63) is 70.9 Å². The number of thiazole rings is 1. The number of amides is 1. The first-order chi connectivity index (χ1) is 16.5. The van der Waals surface area contributed by atoms with Crippen molar-refractivity contribution in [2.24, 2.45) is 0 Å². The minimum atomic E-state index is -3.72. The highest BCUT2D eigenvalue weighted by atomic mass is 32.2. The number of sulfonamides is 1. The molecule has 3 aromatic rings. The molecule has 2 N–H and O–H groups in total. The molecule has 1 aliphatic rings. The second kappa shape index (κ2) is 11.3. The van der Waals surface area contributed by atoms with Crippen LogP contribution < -0.4 is 10.0 Å². The van der Waals surface area contributed by atoms with E-state index in [0.717, 1.165) is 28.3 Å². The Hall–Kier alpha value is -2.55. The van der Waals surface area contributed by atoms with E-state index in [1.807, 2.05) is 42.5 Å². The van der Waals surface area contributed by atoms with Crippen LogP contribution in [-0.4, -0.2) is 25.9 Å². The first-order valence-electron chi connectivity index (χ1n) is 11.9. The van der Waals surface area contributed by atoms with Crippen LogP contribution in [0, 0.1) is 0 Å². The minimum absolute atomic E-state index is 0.109. The number of rotatable bonds is 9. The van der Waals surface area contributed by atoms with Crippen molar-refractivity contribution in [3.63, 3.8) is 0 Å². The fraction of sp³-hybridized carbons (Fsp3) is 0.385. The van der Waals surface area contributed by atoms with Crippen molar-refractivity contribution in [1.82, 2.24) is 15.0 Å². The Morgan fingerprint density at radius 2 is 1.82 bits per heavy atom. The van der Waals surface area contributed by atoms with Crippen molar-refractivity contribution in [2.45, 2.75) is 62.8 Å². The Bertz CT molecular complexity index is 1220. The number of carbonyl (C=O) groups is 1. The Morgan fingerprint density at radius 1 is 1.06 bits per heavy atom. The van der Waals surface area contributed by atoms with E-state index in [4.69, 9.17) is 0 Å². The van der Waals surface area contributed by atoms with Gasteiger partial charge >= 0.3 is 0 Å². The molecule has 0 radical (unpaired) electrons. The fourth-order valence-corrected chi connectivity index (χ4v) is 6.87. The number of nitrogens with one attached hydrogen (secondary N) is 2. The highest BCUT2D eigenvalue weighted by Crippen LogP contribution is 2.39. The Labute approximate surface area is 205 Å². The number of nitrogens with zero attached hydrogens (tertiary/aromatic N) is 1. The normalized spacial score (nSPS) is 14.7. The third-order valence-electron chi connectivity index (χ3n) is 6.11. The Morgan fingerprint density at radius 3 is 2.56 bits per heavy atom. The summed E-state index contributed by atoms with van der Waals surface area (Å²) in [7, 11) is -3.72. The maximum atomic E-state index is 13.1. The zero-order valence-electron chi connectivity index (χ0n) is 19.4. The van der Waals surface area contributed by atoms with Crippen molar-refractivity contribution >= 4 is 27.3 Å². The molecule has 0 unspecified atom stereocenters. The second-order valence-electron chi connectivity index (χ2n) is 8.67. The Balaban J connectivity index is 1.56. The molecular formula is C26H31N3O3S2. The number of aromatic nitrogens is 1. The standard InChI is InChI=1S/C26H31N3O3S2/c1-2-29-34(31,32)24-15-20(16-25(30)27-17-19-9-5-3-6-10-19)13-14-22(24)23-18-28-26(33-23)21-11-7-4-8-12-21/h3,5-6,9-10,13-15,18,21,29H,2,4,7-8,11-12,16-17H2,1H3,(H,27,30). The average molecular weight is 498 g/mol. The van der Waals surface area contributed by atoms with Crippen LogP contribution in [-0.2, 0) is 27.8 Å². The molecule has 6 nitrogen and oxygen atoms in total. The molecule has 0 atom stereocenters. The van der Waals surface area contributed by atoms with Crippen LogP contribution in [0.5, 0.6) is 0 Å². The number of benzene rings is 2. The summed E-state index contributed by atoms with van der Waals surface area (Å²) in [4.78, 5) is 18.2. The zero-order valence-corrected chi connectivity index (χ0v) is 21.1. The molecule has 0 spiro atoms. The number of hydrogen-bond donors (Lipinski definition) is 2. The van der Waals surface area contributed by atoms with Crippen LogP contribution >= 0.6 is 11.3 Å². The van der Waals surface area contributed by atoms with Gasteiger partial charge in [0.1, 0.15) is 0 Å². The molecule has 8 heteroatoms. The SMILES string of the molecule is CCNS(=O)(=O)c1cc(CC(=O)NCc2ccccc2)ccc1-c1cnc(C2CCCCC2)s1. The lowest BCUT2D eigenvalue weighted by molar-refractivity contribution is -0.120. The summed E-state index contributed by atoms with van der Waals surface area (Å²) >= 11 is 1.58. The van der Waals surface area contributed by atoms with Crippen LogP contribution in [0.3, 0.4) is 0 Å². The van der Waals surface area contributed by atoms with Gasteiger partial charge in [0.15, 0.2) is 0 Å². The predicted molar refractivity (Wildman–Crippen MR) is 136 cm³/mol. The highest BCUT2D eigenvalue weighted by molar-refractivity contribution is 7.89. The van der Waals surface area contributed by atoms with E-state index in [9.17, 15) is 13.2 Å². The molecule has 1 amide bonds. The summed E-state index contributed by atoms with van der Waals surface area (Å²) in [5.74, 6) is 0.315. The first kappa shape index (κ1) is 24.6. The topological polar surface area (TPSA) is 88.2 Å². The summed E-state index contributed by atoms with van der Waals surface area (Å²) in [6.07, 6.45) is 7.92. The van der Waals surface area contributed by atoms with E-state index in [-0.39, 0.29) is 17.2 Å². The van der Waals surface area contributed by atoms with Crippen LogP contribution in [0.1, 0.15) is 61.1 Å². The molecule has 1 aliphatic carbocycles. The zero-order chi connectivity index (χ0) is 24.0. The monoisotopic (exact) mass is 497 g/mol. The van der Waals surface area contributed by atoms with Gasteiger partial charge in [-0.2, -0.15) is 0 Å². The van der Waals surface area contributed by atoms with Gasteiger partial charge in [-0.3, -0.25) is 4.79 Å². The smallest absolute Gasteiger partial charge is 0.241 e. The van der Waals surface area contributed by atoms with Gasteiger partial charge in [-0.15, -0.1) is 11.3 Å². The third kappa shape index (κ3) is 6.11. The van der Waals surface area contributed by atoms with Gasteiger partial charge in [0.25, 0.3) is 0 Å². The summed E-state index contributed by atoms with van der Waals surface area (Å²) in [6.45, 7) is 2.48. The maximum Gasteiger partial charge on any atom is 0.241 e. The summed E-state index contributed by atoms with van der Waals surface area (Å²) in [5, 5.41) is 3.99. The maximum absolute atomic E-state index is 13.1. The molecular weight excluding hydrogens is 466 g/mol. The van der Waals surface area contributed by atoms with Gasteiger partial charge in [0.2, 0.25) is 15.9 Å². The molecule has 0 bridgehead atoms. The van der Waals surface area contributed by atoms with E-state index in [2.05, 4.69) is 15.0 Å². The lowest BCUT2D eigenvalue weighted by Gasteiger charge is -2.18. The van der Waals surface area contributed by atoms with Gasteiger partial charge in [-0.25, -0.2) is 18.1 Å². The molecule has 0 saturated heterocycles. The molecule has 1 fully saturated rings. The van der Waals surface area contributed by atoms with Crippen LogP contribution in [0.4, 0.5) is 0 Å². The predicted octanol–water partition coefficient (Wildman–Crippen LogP) is 5.01. The van der Waals surface area contributed by atoms with E-state index in [0.29, 0.717) is 30.1 Å². The molecule has 180 valence electrons. The fourth-order valence-electron chi connectivity index (χ4n) is 4.37. The van der Waals surface area contributed by atoms with E-state index in [1.54, 1.807) is 30.5 Å². The molecule has 2 aromatic carbocycles. The highest BCUT2D eigenvalue weighted by Gasteiger charge is 2.24. The molecule has 1 saturated carbocycles. The van der Waals surface area contributed by atoms with Crippen molar-refractivity contribution < 1.29 is 13.2 Å². The van der Waals surface area contributed by atoms with Crippen molar-refractivity contribution in [1.29, 1.82) is 0 Å². The molecule has 34 heavy (non-hydrogen) atoms. The number of carbonyl (C=O) groups excluding carboxylic acids is 1. The summed E-state index contributed by atoms with van der Waals surface area (Å²) < 4.78 is 28.7. The molecule has 1 heterocycles. The molecule has 0 aliphatic heterocycles.